The van der Waals surface area contributed by atoms with Crippen LogP contribution in [0.15, 0.2) is 23.4 Å². The Morgan fingerprint density at radius 1 is 1.50 bits per heavy atom. The molecule has 0 radical (unpaired) electrons. The van der Waals surface area contributed by atoms with Gasteiger partial charge >= 0.3 is 0 Å². The number of nitriles is 1. The topological polar surface area (TPSA) is 36.7 Å². The van der Waals surface area contributed by atoms with Gasteiger partial charge in [0.2, 0.25) is 0 Å². The number of nitrogens with zero attached hydrogens (tertiary/aromatic N) is 2. The van der Waals surface area contributed by atoms with E-state index < -0.39 is 0 Å². The number of hydrogen-bond donors (Lipinski definition) is 0. The van der Waals surface area contributed by atoms with Crippen molar-refractivity contribution in [1.29, 1.82) is 5.26 Å². The van der Waals surface area contributed by atoms with Gasteiger partial charge in [-0.2, -0.15) is 5.26 Å². The van der Waals surface area contributed by atoms with Crippen molar-refractivity contribution < 1.29 is 0 Å². The van der Waals surface area contributed by atoms with Gasteiger partial charge in [0.25, 0.3) is 0 Å². The molecule has 1 saturated carbocycles. The minimum atomic E-state index is 0.162. The SMILES string of the molecule is CCC1CCC(C#N)C(Sc2ccc(Cl)cn2)C1. The molecule has 1 aromatic heterocycles. The van der Waals surface area contributed by atoms with Crippen molar-refractivity contribution in [3.63, 3.8) is 0 Å². The number of thioether (sulfide) groups is 1. The molecule has 1 aromatic rings. The highest BCUT2D eigenvalue weighted by molar-refractivity contribution is 7.99. The van der Waals surface area contributed by atoms with Gasteiger partial charge < -0.3 is 0 Å². The van der Waals surface area contributed by atoms with Crippen molar-refractivity contribution in [3.8, 4) is 6.07 Å². The summed E-state index contributed by atoms with van der Waals surface area (Å²) in [6.45, 7) is 2.24. The molecule has 3 unspecified atom stereocenters. The summed E-state index contributed by atoms with van der Waals surface area (Å²) >= 11 is 7.56. The van der Waals surface area contributed by atoms with E-state index in [0.717, 1.165) is 23.8 Å². The summed E-state index contributed by atoms with van der Waals surface area (Å²) in [7, 11) is 0. The third kappa shape index (κ3) is 3.40. The van der Waals surface area contributed by atoms with Crippen LogP contribution in [0.5, 0.6) is 0 Å². The predicted molar refractivity (Wildman–Crippen MR) is 75.6 cm³/mol. The molecule has 0 saturated heterocycles. The molecular formula is C14H17ClN2S. The summed E-state index contributed by atoms with van der Waals surface area (Å²) < 4.78 is 0. The molecule has 1 fully saturated rings. The molecule has 3 atom stereocenters. The molecule has 0 spiro atoms. The first-order valence-electron chi connectivity index (χ1n) is 6.40. The van der Waals surface area contributed by atoms with Crippen LogP contribution in [0.4, 0.5) is 0 Å². The van der Waals surface area contributed by atoms with E-state index >= 15 is 0 Å². The second-order valence-electron chi connectivity index (χ2n) is 4.79. The van der Waals surface area contributed by atoms with Crippen LogP contribution in [0.3, 0.4) is 0 Å². The normalized spacial score (nSPS) is 27.7. The Morgan fingerprint density at radius 3 is 2.94 bits per heavy atom. The molecule has 1 heterocycles. The first-order valence-corrected chi connectivity index (χ1v) is 7.66. The molecule has 0 bridgehead atoms. The standard InChI is InChI=1S/C14H17ClN2S/c1-2-10-3-4-11(8-16)13(7-10)18-14-6-5-12(15)9-17-14/h5-6,9-11,13H,2-4,7H2,1H3. The molecule has 0 N–H and O–H groups in total. The lowest BCUT2D eigenvalue weighted by atomic mass is 9.81. The number of hydrogen-bond acceptors (Lipinski definition) is 3. The smallest absolute Gasteiger partial charge is 0.0964 e. The Hall–Kier alpha value is -0.720. The van der Waals surface area contributed by atoms with E-state index in [1.54, 1.807) is 18.0 Å². The third-order valence-electron chi connectivity index (χ3n) is 3.62. The fourth-order valence-electron chi connectivity index (χ4n) is 2.45. The maximum Gasteiger partial charge on any atom is 0.0964 e. The summed E-state index contributed by atoms with van der Waals surface area (Å²) in [5, 5.41) is 11.2. The number of aromatic nitrogens is 1. The first-order chi connectivity index (χ1) is 8.72. The van der Waals surface area contributed by atoms with Gasteiger partial charge in [-0.05, 0) is 37.3 Å². The van der Waals surface area contributed by atoms with Crippen molar-refractivity contribution >= 4 is 23.4 Å². The van der Waals surface area contributed by atoms with Gasteiger partial charge in [0.05, 0.1) is 22.0 Å². The van der Waals surface area contributed by atoms with Gasteiger partial charge in [-0.15, -0.1) is 11.8 Å². The molecule has 0 aliphatic heterocycles. The van der Waals surface area contributed by atoms with Crippen molar-refractivity contribution in [3.05, 3.63) is 23.4 Å². The van der Waals surface area contributed by atoms with Crippen LogP contribution in [-0.2, 0) is 0 Å². The van der Waals surface area contributed by atoms with Crippen LogP contribution in [0.1, 0.15) is 32.6 Å². The third-order valence-corrected chi connectivity index (χ3v) is 5.15. The van der Waals surface area contributed by atoms with Crippen LogP contribution < -0.4 is 0 Å². The number of halogens is 1. The summed E-state index contributed by atoms with van der Waals surface area (Å²) in [6, 6.07) is 6.26. The largest absolute Gasteiger partial charge is 0.248 e. The molecule has 0 aromatic carbocycles. The van der Waals surface area contributed by atoms with E-state index in [1.165, 1.54) is 12.8 Å². The monoisotopic (exact) mass is 280 g/mol. The van der Waals surface area contributed by atoms with Crippen molar-refractivity contribution in [1.82, 2.24) is 4.98 Å². The van der Waals surface area contributed by atoms with E-state index in [-0.39, 0.29) is 5.92 Å². The van der Waals surface area contributed by atoms with Gasteiger partial charge in [-0.3, -0.25) is 0 Å². The average Bonchev–Trinajstić information content (AvgIpc) is 2.41. The van der Waals surface area contributed by atoms with Crippen molar-refractivity contribution in [2.75, 3.05) is 0 Å². The lowest BCUT2D eigenvalue weighted by Crippen LogP contribution is -2.26. The molecule has 2 nitrogen and oxygen atoms in total. The van der Waals surface area contributed by atoms with E-state index in [2.05, 4.69) is 18.0 Å². The maximum atomic E-state index is 9.24. The second-order valence-corrected chi connectivity index (χ2v) is 6.49. The molecule has 1 aliphatic rings. The van der Waals surface area contributed by atoms with E-state index in [1.807, 2.05) is 12.1 Å². The highest BCUT2D eigenvalue weighted by atomic mass is 35.5. The van der Waals surface area contributed by atoms with E-state index in [4.69, 9.17) is 11.6 Å². The van der Waals surface area contributed by atoms with Crippen LogP contribution >= 0.6 is 23.4 Å². The van der Waals surface area contributed by atoms with Crippen molar-refractivity contribution in [2.24, 2.45) is 11.8 Å². The minimum Gasteiger partial charge on any atom is -0.248 e. The Kier molecular flexibility index (Phi) is 4.91. The summed E-state index contributed by atoms with van der Waals surface area (Å²) in [5.74, 6) is 0.926. The van der Waals surface area contributed by atoms with Crippen LogP contribution in [-0.4, -0.2) is 10.2 Å². The number of pyridine rings is 1. The Bertz CT molecular complexity index is 426. The second kappa shape index (κ2) is 6.45. The zero-order valence-corrected chi connectivity index (χ0v) is 12.0. The van der Waals surface area contributed by atoms with E-state index in [0.29, 0.717) is 10.3 Å². The Balaban J connectivity index is 2.05. The molecular weight excluding hydrogens is 264 g/mol. The van der Waals surface area contributed by atoms with Crippen molar-refractivity contribution in [2.45, 2.75) is 42.9 Å². The lowest BCUT2D eigenvalue weighted by molar-refractivity contribution is 0.317. The molecule has 2 rings (SSSR count). The predicted octanol–water partition coefficient (Wildman–Crippen LogP) is 4.55. The van der Waals surface area contributed by atoms with Crippen LogP contribution in [0, 0.1) is 23.2 Å². The fraction of sp³-hybridized carbons (Fsp3) is 0.571. The molecule has 0 amide bonds. The zero-order valence-electron chi connectivity index (χ0n) is 10.5. The lowest BCUT2D eigenvalue weighted by Gasteiger charge is -2.31. The van der Waals surface area contributed by atoms with Gasteiger partial charge in [0.1, 0.15) is 0 Å². The highest BCUT2D eigenvalue weighted by Gasteiger charge is 2.30. The summed E-state index contributed by atoms with van der Waals surface area (Å²) in [4.78, 5) is 4.31. The Labute approximate surface area is 118 Å². The van der Waals surface area contributed by atoms with Gasteiger partial charge in [-0.25, -0.2) is 4.98 Å². The molecule has 4 heteroatoms. The van der Waals surface area contributed by atoms with Gasteiger partial charge in [0.15, 0.2) is 0 Å². The average molecular weight is 281 g/mol. The highest BCUT2D eigenvalue weighted by Crippen LogP contribution is 2.40. The van der Waals surface area contributed by atoms with Gasteiger partial charge in [0, 0.05) is 11.4 Å². The van der Waals surface area contributed by atoms with Crippen LogP contribution in [0.2, 0.25) is 5.02 Å². The summed E-state index contributed by atoms with van der Waals surface area (Å²) in [5.41, 5.74) is 0. The minimum absolute atomic E-state index is 0.162. The Morgan fingerprint density at radius 2 is 2.33 bits per heavy atom. The van der Waals surface area contributed by atoms with E-state index in [9.17, 15) is 5.26 Å². The first kappa shape index (κ1) is 13.7. The molecule has 18 heavy (non-hydrogen) atoms. The molecule has 1 aliphatic carbocycles. The molecule has 96 valence electrons. The zero-order chi connectivity index (χ0) is 13.0. The fourth-order valence-corrected chi connectivity index (χ4v) is 3.86. The summed E-state index contributed by atoms with van der Waals surface area (Å²) in [6.07, 6.45) is 6.23. The van der Waals surface area contributed by atoms with Crippen LogP contribution in [0.25, 0.3) is 0 Å². The quantitative estimate of drug-likeness (QED) is 0.815. The number of rotatable bonds is 3. The van der Waals surface area contributed by atoms with Gasteiger partial charge in [-0.1, -0.05) is 24.9 Å². The maximum absolute atomic E-state index is 9.24.